The highest BCUT2D eigenvalue weighted by Crippen LogP contribution is 2.26. The molecule has 0 saturated heterocycles. The average molecular weight is 393 g/mol. The molecule has 3 aromatic rings. The van der Waals surface area contributed by atoms with E-state index in [2.05, 4.69) is 34.3 Å². The van der Waals surface area contributed by atoms with Crippen molar-refractivity contribution in [1.29, 1.82) is 0 Å². The van der Waals surface area contributed by atoms with E-state index in [9.17, 15) is 0 Å². The lowest BCUT2D eigenvalue weighted by Gasteiger charge is -2.17. The zero-order valence-electron chi connectivity index (χ0n) is 17.0. The van der Waals surface area contributed by atoms with Crippen LogP contribution in [-0.2, 0) is 17.9 Å². The van der Waals surface area contributed by atoms with Crippen molar-refractivity contribution in [3.8, 4) is 17.0 Å². The molecule has 0 spiro atoms. The number of benzene rings is 2. The molecule has 0 amide bonds. The Balaban J connectivity index is 1.48. The molecule has 0 unspecified atom stereocenters. The number of aromatic amines is 1. The van der Waals surface area contributed by atoms with Crippen molar-refractivity contribution in [2.45, 2.75) is 13.2 Å². The molecule has 152 valence electrons. The van der Waals surface area contributed by atoms with Gasteiger partial charge in [-0.05, 0) is 49.0 Å². The normalized spacial score (nSPS) is 11.4. The first-order valence-electron chi connectivity index (χ1n) is 9.58. The summed E-state index contributed by atoms with van der Waals surface area (Å²) in [5.74, 6) is 0.884. The Bertz CT molecular complexity index is 922. The van der Waals surface area contributed by atoms with Gasteiger partial charge in [-0.2, -0.15) is 5.10 Å². The minimum Gasteiger partial charge on any atom is -0.496 e. The summed E-state index contributed by atoms with van der Waals surface area (Å²) in [5.41, 5.74) is 10.8. The molecule has 0 atom stereocenters. The smallest absolute Gasteiger partial charge is 0.123 e. The van der Waals surface area contributed by atoms with Crippen LogP contribution in [0.1, 0.15) is 11.1 Å². The fraction of sp³-hybridized carbons (Fsp3) is 0.261. The number of ether oxygens (including phenoxy) is 2. The molecule has 0 saturated carbocycles. The molecule has 0 aliphatic rings. The van der Waals surface area contributed by atoms with Crippen molar-refractivity contribution in [2.24, 2.45) is 0 Å². The largest absolute Gasteiger partial charge is 0.496 e. The maximum absolute atomic E-state index is 5.78. The molecule has 0 radical (unpaired) electrons. The number of hydrogen-bond donors (Lipinski definition) is 2. The van der Waals surface area contributed by atoms with Crippen molar-refractivity contribution in [3.05, 3.63) is 78.0 Å². The zero-order valence-corrected chi connectivity index (χ0v) is 17.0. The number of nitrogen functional groups attached to an aromatic ring is 1. The number of rotatable bonds is 10. The average Bonchev–Trinajstić information content (AvgIpc) is 3.25. The van der Waals surface area contributed by atoms with Crippen LogP contribution in [0.2, 0.25) is 0 Å². The summed E-state index contributed by atoms with van der Waals surface area (Å²) in [6.07, 6.45) is 5.91. The molecule has 3 rings (SSSR count). The first-order valence-corrected chi connectivity index (χ1v) is 9.58. The van der Waals surface area contributed by atoms with Crippen LogP contribution in [0.3, 0.4) is 0 Å². The third-order valence-corrected chi connectivity index (χ3v) is 4.55. The van der Waals surface area contributed by atoms with Gasteiger partial charge in [0.25, 0.3) is 0 Å². The highest BCUT2D eigenvalue weighted by molar-refractivity contribution is 5.61. The number of methoxy groups -OCH3 is 1. The summed E-state index contributed by atoms with van der Waals surface area (Å²) in [4.78, 5) is 2.23. The monoisotopic (exact) mass is 392 g/mol. The molecule has 3 N–H and O–H groups in total. The zero-order chi connectivity index (χ0) is 20.5. The Morgan fingerprint density at radius 2 is 2.03 bits per heavy atom. The first kappa shape index (κ1) is 20.6. The van der Waals surface area contributed by atoms with Crippen molar-refractivity contribution in [1.82, 2.24) is 15.1 Å². The van der Waals surface area contributed by atoms with Crippen LogP contribution >= 0.6 is 0 Å². The summed E-state index contributed by atoms with van der Waals surface area (Å²) in [7, 11) is 3.78. The van der Waals surface area contributed by atoms with Gasteiger partial charge in [-0.3, -0.25) is 10.00 Å². The van der Waals surface area contributed by atoms with Crippen LogP contribution in [0.4, 0.5) is 5.69 Å². The molecule has 29 heavy (non-hydrogen) atoms. The molecule has 1 aromatic heterocycles. The van der Waals surface area contributed by atoms with E-state index in [1.165, 1.54) is 0 Å². The maximum Gasteiger partial charge on any atom is 0.123 e. The standard InChI is InChI=1S/C23H28N4O2/c1-27(12-3-4-13-29-17-18-6-5-7-21(24)14-18)16-20-15-19(8-9-23(20)28-2)22-10-11-25-26-22/h3-11,14-15H,12-13,16-17,24H2,1-2H3,(H,25,26)/b4-3+. The number of nitrogens with one attached hydrogen (secondary N) is 1. The van der Waals surface area contributed by atoms with Gasteiger partial charge in [0.1, 0.15) is 5.75 Å². The second-order valence-electron chi connectivity index (χ2n) is 6.93. The number of likely N-dealkylation sites (N-methyl/N-ethyl adjacent to an activating group) is 1. The first-order chi connectivity index (χ1) is 14.2. The van der Waals surface area contributed by atoms with Crippen LogP contribution in [0.25, 0.3) is 11.3 Å². The van der Waals surface area contributed by atoms with E-state index in [1.807, 2.05) is 48.5 Å². The Labute approximate surface area is 171 Å². The van der Waals surface area contributed by atoms with Gasteiger partial charge in [-0.1, -0.05) is 24.3 Å². The predicted octanol–water partition coefficient (Wildman–Crippen LogP) is 3.87. The molecule has 1 heterocycles. The third-order valence-electron chi connectivity index (χ3n) is 4.55. The van der Waals surface area contributed by atoms with E-state index >= 15 is 0 Å². The number of nitrogens with two attached hydrogens (primary N) is 1. The van der Waals surface area contributed by atoms with Crippen LogP contribution < -0.4 is 10.5 Å². The van der Waals surface area contributed by atoms with E-state index in [-0.39, 0.29) is 0 Å². The van der Waals surface area contributed by atoms with Crippen molar-refractivity contribution in [3.63, 3.8) is 0 Å². The number of aromatic nitrogens is 2. The maximum atomic E-state index is 5.78. The fourth-order valence-electron chi connectivity index (χ4n) is 3.09. The Morgan fingerprint density at radius 3 is 2.79 bits per heavy atom. The van der Waals surface area contributed by atoms with Crippen LogP contribution in [0.15, 0.2) is 66.9 Å². The fourth-order valence-corrected chi connectivity index (χ4v) is 3.09. The number of anilines is 1. The lowest BCUT2D eigenvalue weighted by Crippen LogP contribution is -2.18. The molecule has 0 bridgehead atoms. The summed E-state index contributed by atoms with van der Waals surface area (Å²) in [5, 5.41) is 7.03. The second-order valence-corrected chi connectivity index (χ2v) is 6.93. The van der Waals surface area contributed by atoms with Crippen molar-refractivity contribution < 1.29 is 9.47 Å². The Kier molecular flexibility index (Phi) is 7.44. The van der Waals surface area contributed by atoms with Gasteiger partial charge in [-0.15, -0.1) is 0 Å². The van der Waals surface area contributed by atoms with Gasteiger partial charge in [0.15, 0.2) is 0 Å². The SMILES string of the molecule is COc1ccc(-c2ccn[nH]2)cc1CN(C)C/C=C/COCc1cccc(N)c1. The second kappa shape index (κ2) is 10.5. The summed E-state index contributed by atoms with van der Waals surface area (Å²) in [6, 6.07) is 15.9. The number of nitrogens with zero attached hydrogens (tertiary/aromatic N) is 2. The van der Waals surface area contributed by atoms with E-state index in [0.29, 0.717) is 13.2 Å². The number of hydrogen-bond acceptors (Lipinski definition) is 5. The molecule has 2 aromatic carbocycles. The van der Waals surface area contributed by atoms with Crippen LogP contribution in [0.5, 0.6) is 5.75 Å². The molecule has 6 heteroatoms. The number of H-pyrrole nitrogens is 1. The van der Waals surface area contributed by atoms with Gasteiger partial charge in [0.2, 0.25) is 0 Å². The van der Waals surface area contributed by atoms with E-state index in [0.717, 1.165) is 46.9 Å². The third kappa shape index (κ3) is 6.20. The van der Waals surface area contributed by atoms with Crippen LogP contribution in [-0.4, -0.2) is 42.4 Å². The Hall–Kier alpha value is -3.09. The molecule has 0 aliphatic carbocycles. The lowest BCUT2D eigenvalue weighted by molar-refractivity contribution is 0.148. The van der Waals surface area contributed by atoms with E-state index < -0.39 is 0 Å². The molecule has 0 aliphatic heterocycles. The minimum absolute atomic E-state index is 0.558. The lowest BCUT2D eigenvalue weighted by atomic mass is 10.1. The molecule has 0 fully saturated rings. The highest BCUT2D eigenvalue weighted by atomic mass is 16.5. The van der Waals surface area contributed by atoms with Crippen molar-refractivity contribution in [2.75, 3.05) is 33.0 Å². The van der Waals surface area contributed by atoms with Gasteiger partial charge >= 0.3 is 0 Å². The minimum atomic E-state index is 0.558. The summed E-state index contributed by atoms with van der Waals surface area (Å²) < 4.78 is 11.2. The molecule has 6 nitrogen and oxygen atoms in total. The van der Waals surface area contributed by atoms with Crippen LogP contribution in [0, 0.1) is 0 Å². The highest BCUT2D eigenvalue weighted by Gasteiger charge is 2.09. The quantitative estimate of drug-likeness (QED) is 0.311. The summed E-state index contributed by atoms with van der Waals surface area (Å²) in [6.45, 7) is 2.73. The van der Waals surface area contributed by atoms with E-state index in [4.69, 9.17) is 15.2 Å². The Morgan fingerprint density at radius 1 is 1.14 bits per heavy atom. The van der Waals surface area contributed by atoms with Gasteiger partial charge in [0, 0.05) is 36.1 Å². The van der Waals surface area contributed by atoms with Gasteiger partial charge < -0.3 is 15.2 Å². The van der Waals surface area contributed by atoms with Crippen molar-refractivity contribution >= 4 is 5.69 Å². The van der Waals surface area contributed by atoms with Gasteiger partial charge in [0.05, 0.1) is 26.0 Å². The predicted molar refractivity (Wildman–Crippen MR) is 117 cm³/mol. The molecular weight excluding hydrogens is 364 g/mol. The topological polar surface area (TPSA) is 76.4 Å². The van der Waals surface area contributed by atoms with Gasteiger partial charge in [-0.25, -0.2) is 0 Å². The molecular formula is C23H28N4O2. The van der Waals surface area contributed by atoms with E-state index in [1.54, 1.807) is 13.3 Å². The summed E-state index contributed by atoms with van der Waals surface area (Å²) >= 11 is 0.